The molecular formula is C19H26ClN5O. The van der Waals surface area contributed by atoms with E-state index < -0.39 is 0 Å². The molecule has 0 bridgehead atoms. The quantitative estimate of drug-likeness (QED) is 0.766. The van der Waals surface area contributed by atoms with Crippen LogP contribution in [0.15, 0.2) is 18.2 Å². The Morgan fingerprint density at radius 3 is 2.88 bits per heavy atom. The van der Waals surface area contributed by atoms with Crippen molar-refractivity contribution in [1.82, 2.24) is 25.5 Å². The topological polar surface area (TPSA) is 71.0 Å². The minimum atomic E-state index is -0.159. The molecule has 2 aliphatic rings. The van der Waals surface area contributed by atoms with Crippen molar-refractivity contribution in [2.75, 3.05) is 19.6 Å². The number of benzene rings is 1. The van der Waals surface area contributed by atoms with E-state index in [0.717, 1.165) is 49.3 Å². The van der Waals surface area contributed by atoms with Gasteiger partial charge in [0.25, 0.3) is 0 Å². The molecule has 6 nitrogen and oxygen atoms in total. The van der Waals surface area contributed by atoms with Crippen molar-refractivity contribution >= 4 is 28.5 Å². The Kier molecular flexibility index (Phi) is 4.67. The Bertz CT molecular complexity index is 825. The molecule has 0 radical (unpaired) electrons. The van der Waals surface area contributed by atoms with Crippen molar-refractivity contribution < 1.29 is 4.79 Å². The number of halogens is 1. The van der Waals surface area contributed by atoms with Gasteiger partial charge in [0.1, 0.15) is 5.82 Å². The molecule has 0 aliphatic carbocycles. The van der Waals surface area contributed by atoms with Crippen molar-refractivity contribution in [1.29, 1.82) is 0 Å². The molecule has 4 rings (SSSR count). The zero-order valence-electron chi connectivity index (χ0n) is 15.3. The fourth-order valence-electron chi connectivity index (χ4n) is 4.46. The van der Waals surface area contributed by atoms with Crippen molar-refractivity contribution in [3.05, 3.63) is 29.0 Å². The number of nitrogens with zero attached hydrogens (tertiary/aromatic N) is 2. The highest BCUT2D eigenvalue weighted by atomic mass is 35.5. The third kappa shape index (κ3) is 3.00. The predicted molar refractivity (Wildman–Crippen MR) is 103 cm³/mol. The van der Waals surface area contributed by atoms with E-state index in [1.165, 1.54) is 0 Å². The van der Waals surface area contributed by atoms with Gasteiger partial charge in [0, 0.05) is 23.0 Å². The highest BCUT2D eigenvalue weighted by Gasteiger charge is 2.48. The maximum absolute atomic E-state index is 12.5. The number of imidazole rings is 1. The Labute approximate surface area is 158 Å². The third-order valence-electron chi connectivity index (χ3n) is 5.79. The van der Waals surface area contributed by atoms with Crippen LogP contribution in [0.3, 0.4) is 0 Å². The molecule has 1 unspecified atom stereocenters. The second-order valence-electron chi connectivity index (χ2n) is 7.77. The van der Waals surface area contributed by atoms with Crippen LogP contribution in [0.2, 0.25) is 5.02 Å². The van der Waals surface area contributed by atoms with Crippen LogP contribution in [0.4, 0.5) is 0 Å². The van der Waals surface area contributed by atoms with E-state index in [0.29, 0.717) is 11.6 Å². The largest absolute Gasteiger partial charge is 0.354 e. The summed E-state index contributed by atoms with van der Waals surface area (Å²) in [5.41, 5.74) is 1.99. The van der Waals surface area contributed by atoms with Gasteiger partial charge in [0.05, 0.1) is 23.6 Å². The highest BCUT2D eigenvalue weighted by Crippen LogP contribution is 2.36. The van der Waals surface area contributed by atoms with Crippen molar-refractivity contribution in [3.8, 4) is 0 Å². The van der Waals surface area contributed by atoms with E-state index in [1.54, 1.807) is 0 Å². The molecule has 2 fully saturated rings. The summed E-state index contributed by atoms with van der Waals surface area (Å²) in [4.78, 5) is 17.3. The first kappa shape index (κ1) is 17.8. The summed E-state index contributed by atoms with van der Waals surface area (Å²) in [5, 5.41) is 10.7. The summed E-state index contributed by atoms with van der Waals surface area (Å²) in [6.07, 6.45) is 2.03. The summed E-state index contributed by atoms with van der Waals surface area (Å²) < 4.78 is 2.22. The second kappa shape index (κ2) is 6.83. The molecule has 7 heteroatoms. The molecular weight excluding hydrogens is 350 g/mol. The molecule has 3 N–H and O–H groups in total. The Hall–Kier alpha value is -1.63. The number of aromatic nitrogens is 2. The highest BCUT2D eigenvalue weighted by molar-refractivity contribution is 6.31. The fraction of sp³-hybridized carbons (Fsp3) is 0.579. The van der Waals surface area contributed by atoms with Crippen molar-refractivity contribution in [3.63, 3.8) is 0 Å². The molecule has 26 heavy (non-hydrogen) atoms. The van der Waals surface area contributed by atoms with E-state index in [-0.39, 0.29) is 23.4 Å². The van der Waals surface area contributed by atoms with E-state index in [4.69, 9.17) is 16.6 Å². The molecule has 2 aromatic rings. The first-order valence-electron chi connectivity index (χ1n) is 9.38. The summed E-state index contributed by atoms with van der Waals surface area (Å²) in [7, 11) is 0. The lowest BCUT2D eigenvalue weighted by atomic mass is 9.75. The van der Waals surface area contributed by atoms with Crippen LogP contribution < -0.4 is 16.0 Å². The van der Waals surface area contributed by atoms with Crippen LogP contribution in [0, 0.1) is 5.41 Å². The molecule has 1 amide bonds. The molecule has 2 saturated heterocycles. The molecule has 1 aromatic carbocycles. The fourth-order valence-corrected chi connectivity index (χ4v) is 4.63. The van der Waals surface area contributed by atoms with Gasteiger partial charge in [-0.15, -0.1) is 0 Å². The zero-order chi connectivity index (χ0) is 18.3. The number of hydrogen-bond donors (Lipinski definition) is 3. The molecule has 3 heterocycles. The van der Waals surface area contributed by atoms with Crippen LogP contribution >= 0.6 is 11.6 Å². The van der Waals surface area contributed by atoms with Gasteiger partial charge in [-0.2, -0.15) is 0 Å². The average molecular weight is 376 g/mol. The number of rotatable bonds is 4. The average Bonchev–Trinajstić information content (AvgIpc) is 3.11. The Morgan fingerprint density at radius 2 is 2.15 bits per heavy atom. The zero-order valence-corrected chi connectivity index (χ0v) is 16.1. The summed E-state index contributed by atoms with van der Waals surface area (Å²) in [5.74, 6) is 1.06. The minimum Gasteiger partial charge on any atom is -0.354 e. The first-order valence-corrected chi connectivity index (χ1v) is 9.76. The van der Waals surface area contributed by atoms with Crippen LogP contribution in [-0.4, -0.2) is 41.1 Å². The Morgan fingerprint density at radius 1 is 1.38 bits per heavy atom. The van der Waals surface area contributed by atoms with Gasteiger partial charge in [0.2, 0.25) is 5.91 Å². The predicted octanol–water partition coefficient (Wildman–Crippen LogP) is 2.23. The van der Waals surface area contributed by atoms with Crippen LogP contribution in [0.1, 0.15) is 38.6 Å². The van der Waals surface area contributed by atoms with Crippen LogP contribution in [-0.2, 0) is 11.3 Å². The molecule has 140 valence electrons. The second-order valence-corrected chi connectivity index (χ2v) is 8.21. The number of carbonyl (C=O) groups is 1. The third-order valence-corrected chi connectivity index (χ3v) is 6.03. The van der Waals surface area contributed by atoms with Crippen molar-refractivity contribution in [2.24, 2.45) is 5.41 Å². The van der Waals surface area contributed by atoms with Crippen LogP contribution in [0.5, 0.6) is 0 Å². The number of piperidine rings is 1. The molecule has 2 aliphatic heterocycles. The molecule has 0 saturated carbocycles. The number of hydrogen-bond acceptors (Lipinski definition) is 4. The number of nitrogens with one attached hydrogen (secondary N) is 3. The van der Waals surface area contributed by atoms with E-state index in [9.17, 15) is 4.79 Å². The lowest BCUT2D eigenvalue weighted by Crippen LogP contribution is -2.51. The van der Waals surface area contributed by atoms with Gasteiger partial charge < -0.3 is 15.2 Å². The summed E-state index contributed by atoms with van der Waals surface area (Å²) >= 11 is 6.13. The molecule has 1 aromatic heterocycles. The standard InChI is InChI=1S/C19H26ClN5O/c1-12(2)25-15-4-3-13(20)9-14(15)24-16(25)10-22-17-18(26)23-11-19(17)5-7-21-8-6-19/h3-4,9,12,17,21-22H,5-8,10-11H2,1-2H3,(H,23,26). The van der Waals surface area contributed by atoms with Gasteiger partial charge in [0.15, 0.2) is 0 Å². The summed E-state index contributed by atoms with van der Waals surface area (Å²) in [6.45, 7) is 7.57. The van der Waals surface area contributed by atoms with Crippen molar-refractivity contribution in [2.45, 2.75) is 45.3 Å². The van der Waals surface area contributed by atoms with E-state index >= 15 is 0 Å². The Balaban J connectivity index is 1.61. The van der Waals surface area contributed by atoms with Gasteiger partial charge in [-0.3, -0.25) is 10.1 Å². The molecule has 1 spiro atoms. The molecule has 1 atom stereocenters. The van der Waals surface area contributed by atoms with Crippen LogP contribution in [0.25, 0.3) is 11.0 Å². The first-order chi connectivity index (χ1) is 12.5. The SMILES string of the molecule is CC(C)n1c(CNC2C(=O)NCC23CCNCC3)nc2cc(Cl)ccc21. The van der Waals surface area contributed by atoms with E-state index in [1.807, 2.05) is 18.2 Å². The lowest BCUT2D eigenvalue weighted by molar-refractivity contribution is -0.122. The van der Waals surface area contributed by atoms with Gasteiger partial charge in [-0.05, 0) is 58.0 Å². The minimum absolute atomic E-state index is 0.0142. The van der Waals surface area contributed by atoms with Gasteiger partial charge in [-0.1, -0.05) is 11.6 Å². The monoisotopic (exact) mass is 375 g/mol. The number of carbonyl (C=O) groups excluding carboxylic acids is 1. The lowest BCUT2D eigenvalue weighted by Gasteiger charge is -2.37. The number of fused-ring (bicyclic) bond motifs is 1. The maximum Gasteiger partial charge on any atom is 0.237 e. The van der Waals surface area contributed by atoms with E-state index in [2.05, 4.69) is 34.4 Å². The smallest absolute Gasteiger partial charge is 0.237 e. The van der Waals surface area contributed by atoms with Gasteiger partial charge in [-0.25, -0.2) is 4.98 Å². The summed E-state index contributed by atoms with van der Waals surface area (Å²) in [6, 6.07) is 5.94. The van der Waals surface area contributed by atoms with Gasteiger partial charge >= 0.3 is 0 Å². The normalized spacial score (nSPS) is 22.5. The number of amides is 1. The maximum atomic E-state index is 12.5.